The Labute approximate surface area is 152 Å². The molecular weight excluding hydrogens is 338 g/mol. The third kappa shape index (κ3) is 3.74. The van der Waals surface area contributed by atoms with Crippen LogP contribution in [0.3, 0.4) is 0 Å². The molecule has 1 aromatic heterocycles. The molecule has 0 saturated carbocycles. The number of carbonyl (C=O) groups excluding carboxylic acids is 1. The van der Waals surface area contributed by atoms with Crippen LogP contribution in [0.4, 0.5) is 10.7 Å². The molecule has 6 heteroatoms. The van der Waals surface area contributed by atoms with E-state index in [1.807, 2.05) is 68.3 Å². The Balaban J connectivity index is 2.03. The van der Waals surface area contributed by atoms with Gasteiger partial charge in [-0.1, -0.05) is 13.8 Å². The first-order chi connectivity index (χ1) is 12.0. The molecular formula is C19H23NO4S. The summed E-state index contributed by atoms with van der Waals surface area (Å²) in [5, 5.41) is 2.98. The maximum absolute atomic E-state index is 12.8. The highest BCUT2D eigenvalue weighted by molar-refractivity contribution is 7.14. The van der Waals surface area contributed by atoms with Gasteiger partial charge in [-0.25, -0.2) is 4.79 Å². The fraction of sp³-hybridized carbons (Fsp3) is 0.421. The number of nitrogens with zero attached hydrogens (tertiary/aromatic N) is 1. The van der Waals surface area contributed by atoms with Crippen molar-refractivity contribution >= 4 is 28.0 Å². The number of anilines is 2. The standard InChI is InChI=1S/C19H23NO4S/c1-12(2)18(19(21)24-13(3)4)20(17-6-5-9-25-17)14-7-8-15-16(10-14)23-11-22-15/h5-10,12-13,18H,11H2,1-4H3. The lowest BCUT2D eigenvalue weighted by Crippen LogP contribution is -2.43. The largest absolute Gasteiger partial charge is 0.461 e. The number of rotatable bonds is 6. The molecule has 25 heavy (non-hydrogen) atoms. The van der Waals surface area contributed by atoms with Crippen molar-refractivity contribution in [1.82, 2.24) is 0 Å². The van der Waals surface area contributed by atoms with Crippen LogP contribution in [0.5, 0.6) is 11.5 Å². The van der Waals surface area contributed by atoms with Crippen molar-refractivity contribution in [3.8, 4) is 11.5 Å². The average molecular weight is 361 g/mol. The van der Waals surface area contributed by atoms with Crippen molar-refractivity contribution < 1.29 is 19.0 Å². The number of ether oxygens (including phenoxy) is 3. The summed E-state index contributed by atoms with van der Waals surface area (Å²) in [6.07, 6.45) is -0.157. The summed E-state index contributed by atoms with van der Waals surface area (Å²) in [4.78, 5) is 14.9. The molecule has 3 rings (SSSR count). The summed E-state index contributed by atoms with van der Waals surface area (Å²) < 4.78 is 16.4. The van der Waals surface area contributed by atoms with Crippen LogP contribution in [-0.2, 0) is 9.53 Å². The maximum atomic E-state index is 12.8. The second-order valence-corrected chi connectivity index (χ2v) is 7.46. The summed E-state index contributed by atoms with van der Waals surface area (Å²) in [5.74, 6) is 1.26. The highest BCUT2D eigenvalue weighted by atomic mass is 32.1. The quantitative estimate of drug-likeness (QED) is 0.704. The fourth-order valence-corrected chi connectivity index (χ4v) is 3.63. The Hall–Kier alpha value is -2.21. The van der Waals surface area contributed by atoms with Gasteiger partial charge in [0.2, 0.25) is 6.79 Å². The molecule has 1 aromatic carbocycles. The predicted octanol–water partition coefficient (Wildman–Crippen LogP) is 4.59. The van der Waals surface area contributed by atoms with Crippen LogP contribution in [0.2, 0.25) is 0 Å². The first-order valence-electron chi connectivity index (χ1n) is 8.40. The normalized spacial score (nSPS) is 14.0. The minimum Gasteiger partial charge on any atom is -0.461 e. The van der Waals surface area contributed by atoms with Gasteiger partial charge in [0.05, 0.1) is 11.1 Å². The van der Waals surface area contributed by atoms with Crippen molar-refractivity contribution in [2.45, 2.75) is 39.8 Å². The molecule has 0 fully saturated rings. The Morgan fingerprint density at radius 2 is 1.92 bits per heavy atom. The molecule has 134 valence electrons. The van der Waals surface area contributed by atoms with Gasteiger partial charge < -0.3 is 19.1 Å². The van der Waals surface area contributed by atoms with E-state index in [1.54, 1.807) is 11.3 Å². The third-order valence-electron chi connectivity index (χ3n) is 3.88. The van der Waals surface area contributed by atoms with E-state index in [1.165, 1.54) is 0 Å². The molecule has 2 heterocycles. The van der Waals surface area contributed by atoms with Gasteiger partial charge in [-0.2, -0.15) is 0 Å². The van der Waals surface area contributed by atoms with Gasteiger partial charge in [-0.3, -0.25) is 0 Å². The van der Waals surface area contributed by atoms with E-state index in [0.717, 1.165) is 16.4 Å². The molecule has 1 aliphatic rings. The first kappa shape index (κ1) is 17.6. The molecule has 0 radical (unpaired) electrons. The van der Waals surface area contributed by atoms with Gasteiger partial charge in [0, 0.05) is 11.8 Å². The number of benzene rings is 1. The van der Waals surface area contributed by atoms with Crippen molar-refractivity contribution in [1.29, 1.82) is 0 Å². The highest BCUT2D eigenvalue weighted by Crippen LogP contribution is 2.40. The highest BCUT2D eigenvalue weighted by Gasteiger charge is 2.33. The summed E-state index contributed by atoms with van der Waals surface area (Å²) in [6, 6.07) is 9.30. The van der Waals surface area contributed by atoms with E-state index < -0.39 is 6.04 Å². The van der Waals surface area contributed by atoms with Gasteiger partial charge in [0.25, 0.3) is 0 Å². The minimum absolute atomic E-state index is 0.0683. The van der Waals surface area contributed by atoms with E-state index in [-0.39, 0.29) is 24.8 Å². The third-order valence-corrected chi connectivity index (χ3v) is 4.75. The van der Waals surface area contributed by atoms with Crippen LogP contribution < -0.4 is 14.4 Å². The Morgan fingerprint density at radius 3 is 2.56 bits per heavy atom. The van der Waals surface area contributed by atoms with E-state index in [0.29, 0.717) is 5.75 Å². The van der Waals surface area contributed by atoms with Gasteiger partial charge >= 0.3 is 5.97 Å². The van der Waals surface area contributed by atoms with Gasteiger partial charge in [0.1, 0.15) is 6.04 Å². The second kappa shape index (κ2) is 7.35. The Bertz CT molecular complexity index is 727. The molecule has 1 aliphatic heterocycles. The van der Waals surface area contributed by atoms with Crippen molar-refractivity contribution in [2.75, 3.05) is 11.7 Å². The smallest absolute Gasteiger partial charge is 0.329 e. The molecule has 0 saturated heterocycles. The van der Waals surface area contributed by atoms with E-state index in [2.05, 4.69) is 0 Å². The SMILES string of the molecule is CC(C)OC(=O)C(C(C)C)N(c1ccc2c(c1)OCO2)c1cccs1. The van der Waals surface area contributed by atoms with Crippen molar-refractivity contribution in [2.24, 2.45) is 5.92 Å². The monoisotopic (exact) mass is 361 g/mol. The van der Waals surface area contributed by atoms with Gasteiger partial charge in [0.15, 0.2) is 11.5 Å². The molecule has 0 spiro atoms. The maximum Gasteiger partial charge on any atom is 0.329 e. The first-order valence-corrected chi connectivity index (χ1v) is 9.28. The zero-order valence-electron chi connectivity index (χ0n) is 14.9. The zero-order valence-corrected chi connectivity index (χ0v) is 15.7. The summed E-state index contributed by atoms with van der Waals surface area (Å²) in [5.41, 5.74) is 0.881. The number of hydrogen-bond donors (Lipinski definition) is 0. The second-order valence-electron chi connectivity index (χ2n) is 6.53. The van der Waals surface area contributed by atoms with E-state index >= 15 is 0 Å². The summed E-state index contributed by atoms with van der Waals surface area (Å²) in [7, 11) is 0. The van der Waals surface area contributed by atoms with Crippen molar-refractivity contribution in [3.63, 3.8) is 0 Å². The zero-order chi connectivity index (χ0) is 18.0. The Morgan fingerprint density at radius 1 is 1.16 bits per heavy atom. The molecule has 2 aromatic rings. The van der Waals surface area contributed by atoms with Crippen LogP contribution in [0, 0.1) is 5.92 Å². The van der Waals surface area contributed by atoms with E-state index in [4.69, 9.17) is 14.2 Å². The number of esters is 1. The van der Waals surface area contributed by atoms with Crippen molar-refractivity contribution in [3.05, 3.63) is 35.7 Å². The number of carbonyl (C=O) groups is 1. The Kier molecular flexibility index (Phi) is 5.18. The molecule has 5 nitrogen and oxygen atoms in total. The lowest BCUT2D eigenvalue weighted by Gasteiger charge is -2.34. The fourth-order valence-electron chi connectivity index (χ4n) is 2.84. The molecule has 0 aliphatic carbocycles. The topological polar surface area (TPSA) is 48.0 Å². The average Bonchev–Trinajstić information content (AvgIpc) is 3.21. The number of hydrogen-bond acceptors (Lipinski definition) is 6. The predicted molar refractivity (Wildman–Crippen MR) is 98.9 cm³/mol. The lowest BCUT2D eigenvalue weighted by atomic mass is 10.0. The molecule has 0 bridgehead atoms. The molecule has 1 unspecified atom stereocenters. The molecule has 1 atom stereocenters. The summed E-state index contributed by atoms with van der Waals surface area (Å²) >= 11 is 1.59. The van der Waals surface area contributed by atoms with Gasteiger partial charge in [-0.05, 0) is 49.4 Å². The minimum atomic E-state index is -0.429. The van der Waals surface area contributed by atoms with E-state index in [9.17, 15) is 4.79 Å². The van der Waals surface area contributed by atoms with Crippen LogP contribution in [0.15, 0.2) is 35.7 Å². The number of fused-ring (bicyclic) bond motifs is 1. The number of thiophene rings is 1. The van der Waals surface area contributed by atoms with Crippen LogP contribution in [0.1, 0.15) is 27.7 Å². The van der Waals surface area contributed by atoms with Crippen LogP contribution in [0.25, 0.3) is 0 Å². The summed E-state index contributed by atoms with van der Waals surface area (Å²) in [6.45, 7) is 8.01. The molecule has 0 N–H and O–H groups in total. The molecule has 0 amide bonds. The van der Waals surface area contributed by atoms with Gasteiger partial charge in [-0.15, -0.1) is 11.3 Å². The van der Waals surface area contributed by atoms with Crippen LogP contribution >= 0.6 is 11.3 Å². The lowest BCUT2D eigenvalue weighted by molar-refractivity contribution is -0.149. The van der Waals surface area contributed by atoms with Crippen LogP contribution in [-0.4, -0.2) is 24.9 Å².